The Bertz CT molecular complexity index is 569. The van der Waals surface area contributed by atoms with Crippen LogP contribution in [-0.2, 0) is 6.42 Å². The second-order valence-electron chi connectivity index (χ2n) is 4.37. The zero-order valence-corrected chi connectivity index (χ0v) is 9.51. The fraction of sp³-hybridized carbons (Fsp3) is 0.125. The highest BCUT2D eigenvalue weighted by atomic mass is 16.3. The van der Waals surface area contributed by atoms with E-state index in [1.54, 1.807) is 6.07 Å². The largest absolute Gasteiger partial charge is 0.508 e. The highest BCUT2D eigenvalue weighted by Gasteiger charge is 2.19. The Morgan fingerprint density at radius 3 is 2.41 bits per heavy atom. The number of phenols is 1. The fourth-order valence-electron chi connectivity index (χ4n) is 2.48. The number of allylic oxidation sites excluding steroid dienone is 2. The molecule has 1 heteroatoms. The molecule has 0 saturated carbocycles. The molecule has 0 spiro atoms. The molecular formula is C16H14O. The molecule has 0 bridgehead atoms. The highest BCUT2D eigenvalue weighted by Crippen LogP contribution is 2.36. The van der Waals surface area contributed by atoms with Crippen LogP contribution in [0.5, 0.6) is 5.75 Å². The molecule has 0 fully saturated rings. The van der Waals surface area contributed by atoms with E-state index in [0.29, 0.717) is 5.75 Å². The van der Waals surface area contributed by atoms with Gasteiger partial charge in [0.05, 0.1) is 0 Å². The first-order chi connectivity index (χ1) is 8.36. The molecule has 1 N–H and O–H groups in total. The van der Waals surface area contributed by atoms with Crippen molar-refractivity contribution < 1.29 is 5.11 Å². The van der Waals surface area contributed by atoms with Gasteiger partial charge in [-0.1, -0.05) is 54.6 Å². The van der Waals surface area contributed by atoms with E-state index in [1.165, 1.54) is 11.1 Å². The van der Waals surface area contributed by atoms with Crippen LogP contribution in [0.3, 0.4) is 0 Å². The molecule has 3 rings (SSSR count). The van der Waals surface area contributed by atoms with Gasteiger partial charge in [0, 0.05) is 11.5 Å². The van der Waals surface area contributed by atoms with Crippen molar-refractivity contribution in [1.29, 1.82) is 0 Å². The average molecular weight is 222 g/mol. The third-order valence-electron chi connectivity index (χ3n) is 3.33. The summed E-state index contributed by atoms with van der Waals surface area (Å²) in [5, 5.41) is 9.95. The molecule has 1 aliphatic rings. The Balaban J connectivity index is 2.13. The summed E-state index contributed by atoms with van der Waals surface area (Å²) in [5.41, 5.74) is 3.63. The molecule has 0 saturated heterocycles. The molecule has 17 heavy (non-hydrogen) atoms. The van der Waals surface area contributed by atoms with Crippen molar-refractivity contribution >= 4 is 0 Å². The van der Waals surface area contributed by atoms with Crippen molar-refractivity contribution in [3.63, 3.8) is 0 Å². The second kappa shape index (κ2) is 4.10. The minimum Gasteiger partial charge on any atom is -0.508 e. The van der Waals surface area contributed by atoms with Crippen LogP contribution in [0.1, 0.15) is 22.6 Å². The van der Waals surface area contributed by atoms with Crippen LogP contribution in [-0.4, -0.2) is 5.11 Å². The maximum Gasteiger partial charge on any atom is 0.119 e. The molecule has 0 amide bonds. The van der Waals surface area contributed by atoms with E-state index in [4.69, 9.17) is 0 Å². The maximum absolute atomic E-state index is 9.95. The molecule has 84 valence electrons. The smallest absolute Gasteiger partial charge is 0.119 e. The Kier molecular flexibility index (Phi) is 2.45. The van der Waals surface area contributed by atoms with Gasteiger partial charge in [-0.15, -0.1) is 0 Å². The number of fused-ring (bicyclic) bond motifs is 1. The number of rotatable bonds is 1. The summed E-state index contributed by atoms with van der Waals surface area (Å²) in [5.74, 6) is 0.556. The molecule has 1 nitrogen and oxygen atoms in total. The Morgan fingerprint density at radius 2 is 1.59 bits per heavy atom. The molecule has 0 aliphatic heterocycles. The lowest BCUT2D eigenvalue weighted by molar-refractivity contribution is 0.467. The molecule has 1 atom stereocenters. The summed E-state index contributed by atoms with van der Waals surface area (Å²) in [6, 6.07) is 16.0. The Hall–Kier alpha value is -2.02. The van der Waals surface area contributed by atoms with Crippen LogP contribution < -0.4 is 0 Å². The van der Waals surface area contributed by atoms with Gasteiger partial charge in [-0.05, 0) is 23.6 Å². The van der Waals surface area contributed by atoms with E-state index in [0.717, 1.165) is 12.0 Å². The summed E-state index contributed by atoms with van der Waals surface area (Å²) in [6.07, 6.45) is 5.34. The molecular weight excluding hydrogens is 208 g/mol. The van der Waals surface area contributed by atoms with Crippen LogP contribution in [0.2, 0.25) is 0 Å². The zero-order valence-electron chi connectivity index (χ0n) is 9.51. The van der Waals surface area contributed by atoms with Crippen LogP contribution >= 0.6 is 0 Å². The molecule has 0 radical (unpaired) electrons. The summed E-state index contributed by atoms with van der Waals surface area (Å²) in [7, 11) is 0. The first kappa shape index (κ1) is 10.2. The van der Waals surface area contributed by atoms with Crippen molar-refractivity contribution in [2.75, 3.05) is 0 Å². The topological polar surface area (TPSA) is 20.2 Å². The SMILES string of the molecule is Oc1ccccc1C1C=CCc2ccccc21. The molecule has 2 aromatic carbocycles. The van der Waals surface area contributed by atoms with E-state index in [-0.39, 0.29) is 5.92 Å². The highest BCUT2D eigenvalue weighted by molar-refractivity contribution is 5.49. The van der Waals surface area contributed by atoms with E-state index < -0.39 is 0 Å². The monoisotopic (exact) mass is 222 g/mol. The van der Waals surface area contributed by atoms with E-state index >= 15 is 0 Å². The summed E-state index contributed by atoms with van der Waals surface area (Å²) >= 11 is 0. The second-order valence-corrected chi connectivity index (χ2v) is 4.37. The number of benzene rings is 2. The lowest BCUT2D eigenvalue weighted by Gasteiger charge is -2.21. The standard InChI is InChI=1S/C16H14O/c17-16-11-4-3-9-15(16)14-10-5-7-12-6-1-2-8-13(12)14/h1-6,8-11,14,17H,7H2. The summed E-state index contributed by atoms with van der Waals surface area (Å²) < 4.78 is 0. The van der Waals surface area contributed by atoms with Gasteiger partial charge in [-0.3, -0.25) is 0 Å². The molecule has 0 aromatic heterocycles. The van der Waals surface area contributed by atoms with E-state index in [2.05, 4.69) is 36.4 Å². The predicted octanol–water partition coefficient (Wildman–Crippen LogP) is 3.64. The number of phenolic OH excluding ortho intramolecular Hbond substituents is 1. The number of para-hydroxylation sites is 1. The quantitative estimate of drug-likeness (QED) is 0.730. The average Bonchev–Trinajstić information content (AvgIpc) is 2.39. The van der Waals surface area contributed by atoms with E-state index in [9.17, 15) is 5.11 Å². The van der Waals surface area contributed by atoms with Gasteiger partial charge in [0.2, 0.25) is 0 Å². The van der Waals surface area contributed by atoms with E-state index in [1.807, 2.05) is 18.2 Å². The van der Waals surface area contributed by atoms with Crippen LogP contribution in [0.4, 0.5) is 0 Å². The predicted molar refractivity (Wildman–Crippen MR) is 69.2 cm³/mol. The number of hydrogen-bond acceptors (Lipinski definition) is 1. The van der Waals surface area contributed by atoms with Gasteiger partial charge in [-0.2, -0.15) is 0 Å². The van der Waals surface area contributed by atoms with Crippen molar-refractivity contribution in [2.45, 2.75) is 12.3 Å². The van der Waals surface area contributed by atoms with Gasteiger partial charge in [-0.25, -0.2) is 0 Å². The van der Waals surface area contributed by atoms with Gasteiger partial charge < -0.3 is 5.11 Å². The lowest BCUT2D eigenvalue weighted by atomic mass is 9.83. The summed E-state index contributed by atoms with van der Waals surface area (Å²) in [4.78, 5) is 0. The van der Waals surface area contributed by atoms with Crippen molar-refractivity contribution in [3.05, 3.63) is 77.4 Å². The Morgan fingerprint density at radius 1 is 0.882 bits per heavy atom. The van der Waals surface area contributed by atoms with Gasteiger partial charge in [0.15, 0.2) is 0 Å². The first-order valence-electron chi connectivity index (χ1n) is 5.88. The van der Waals surface area contributed by atoms with Crippen LogP contribution in [0.25, 0.3) is 0 Å². The first-order valence-corrected chi connectivity index (χ1v) is 5.88. The van der Waals surface area contributed by atoms with Crippen molar-refractivity contribution in [1.82, 2.24) is 0 Å². The third kappa shape index (κ3) is 1.74. The van der Waals surface area contributed by atoms with Gasteiger partial charge in [0.1, 0.15) is 5.75 Å². The normalized spacial score (nSPS) is 17.8. The van der Waals surface area contributed by atoms with Crippen LogP contribution in [0.15, 0.2) is 60.7 Å². The molecule has 1 aliphatic carbocycles. The number of aromatic hydroxyl groups is 1. The number of hydrogen-bond donors (Lipinski definition) is 1. The molecule has 2 aromatic rings. The van der Waals surface area contributed by atoms with Crippen LogP contribution in [0, 0.1) is 0 Å². The lowest BCUT2D eigenvalue weighted by Crippen LogP contribution is -2.06. The van der Waals surface area contributed by atoms with Gasteiger partial charge in [0.25, 0.3) is 0 Å². The maximum atomic E-state index is 9.95. The summed E-state index contributed by atoms with van der Waals surface area (Å²) in [6.45, 7) is 0. The van der Waals surface area contributed by atoms with Crippen molar-refractivity contribution in [2.24, 2.45) is 0 Å². The molecule has 1 unspecified atom stereocenters. The third-order valence-corrected chi connectivity index (χ3v) is 3.33. The molecule has 0 heterocycles. The van der Waals surface area contributed by atoms with Crippen molar-refractivity contribution in [3.8, 4) is 5.75 Å². The minimum absolute atomic E-state index is 0.182. The minimum atomic E-state index is 0.182. The zero-order chi connectivity index (χ0) is 11.7. The van der Waals surface area contributed by atoms with Gasteiger partial charge >= 0.3 is 0 Å². The Labute approximate surface area is 101 Å². The fourth-order valence-corrected chi connectivity index (χ4v) is 2.48.